The normalized spacial score (nSPS) is 14.4. The Morgan fingerprint density at radius 2 is 1.56 bits per heavy atom. The summed E-state index contributed by atoms with van der Waals surface area (Å²) in [6, 6.07) is 15.3. The van der Waals surface area contributed by atoms with Crippen molar-refractivity contribution in [2.75, 3.05) is 7.11 Å². The van der Waals surface area contributed by atoms with E-state index in [1.165, 1.54) is 0 Å². The zero-order valence-corrected chi connectivity index (χ0v) is 16.6. The molecule has 2 N–H and O–H groups in total. The van der Waals surface area contributed by atoms with Gasteiger partial charge in [-0.2, -0.15) is 0 Å². The number of nitrogens with one attached hydrogen (secondary N) is 2. The van der Waals surface area contributed by atoms with Crippen molar-refractivity contribution in [2.24, 2.45) is 0 Å². The Kier molecular flexibility index (Phi) is 7.02. The van der Waals surface area contributed by atoms with Gasteiger partial charge >= 0.3 is 0 Å². The van der Waals surface area contributed by atoms with E-state index in [2.05, 4.69) is 26.6 Å². The van der Waals surface area contributed by atoms with Gasteiger partial charge < -0.3 is 10.1 Å². The first kappa shape index (κ1) is 19.5. The lowest BCUT2D eigenvalue weighted by atomic mass is 10.1. The van der Waals surface area contributed by atoms with E-state index in [9.17, 15) is 4.79 Å². The molecule has 4 nitrogen and oxygen atoms in total. The highest BCUT2D eigenvalue weighted by Crippen LogP contribution is 2.25. The molecule has 0 aliphatic rings. The molecule has 0 aliphatic heterocycles. The van der Waals surface area contributed by atoms with Crippen LogP contribution >= 0.6 is 15.9 Å². The highest BCUT2D eigenvalue weighted by molar-refractivity contribution is 9.10. The van der Waals surface area contributed by atoms with Crippen LogP contribution < -0.4 is 15.4 Å². The van der Waals surface area contributed by atoms with Crippen molar-refractivity contribution < 1.29 is 9.53 Å². The lowest BCUT2D eigenvalue weighted by Gasteiger charge is -2.23. The minimum absolute atomic E-state index is 0.0442. The van der Waals surface area contributed by atoms with E-state index in [1.807, 2.05) is 69.3 Å². The summed E-state index contributed by atoms with van der Waals surface area (Å²) >= 11 is 3.56. The SMILES string of the molecule is COc1ccccc1C(C)NC(=O)C(C)NC(C)c1ccccc1Br. The summed E-state index contributed by atoms with van der Waals surface area (Å²) in [6.45, 7) is 5.88. The monoisotopic (exact) mass is 404 g/mol. The van der Waals surface area contributed by atoms with Crippen molar-refractivity contribution in [3.8, 4) is 5.75 Å². The highest BCUT2D eigenvalue weighted by Gasteiger charge is 2.20. The maximum atomic E-state index is 12.6. The maximum Gasteiger partial charge on any atom is 0.237 e. The van der Waals surface area contributed by atoms with E-state index in [4.69, 9.17) is 4.74 Å². The topological polar surface area (TPSA) is 50.4 Å². The zero-order chi connectivity index (χ0) is 18.4. The Labute approximate surface area is 158 Å². The van der Waals surface area contributed by atoms with Crippen molar-refractivity contribution >= 4 is 21.8 Å². The van der Waals surface area contributed by atoms with Gasteiger partial charge in [0.05, 0.1) is 19.2 Å². The van der Waals surface area contributed by atoms with Crippen LogP contribution in [0.4, 0.5) is 0 Å². The van der Waals surface area contributed by atoms with Crippen LogP contribution in [0, 0.1) is 0 Å². The fourth-order valence-electron chi connectivity index (χ4n) is 2.81. The molecule has 3 atom stereocenters. The largest absolute Gasteiger partial charge is 0.496 e. The van der Waals surface area contributed by atoms with Crippen LogP contribution in [0.3, 0.4) is 0 Å². The first-order chi connectivity index (χ1) is 11.9. The third kappa shape index (κ3) is 5.06. The van der Waals surface area contributed by atoms with Crippen molar-refractivity contribution in [3.63, 3.8) is 0 Å². The number of methoxy groups -OCH3 is 1. The maximum absolute atomic E-state index is 12.6. The average molecular weight is 405 g/mol. The van der Waals surface area contributed by atoms with Crippen LogP contribution in [-0.4, -0.2) is 19.1 Å². The number of hydrogen-bond acceptors (Lipinski definition) is 3. The number of para-hydroxylation sites is 1. The third-order valence-electron chi connectivity index (χ3n) is 4.23. The van der Waals surface area contributed by atoms with Gasteiger partial charge in [-0.1, -0.05) is 52.3 Å². The van der Waals surface area contributed by atoms with Crippen LogP contribution in [0.1, 0.15) is 44.0 Å². The molecule has 0 spiro atoms. The molecular weight excluding hydrogens is 380 g/mol. The van der Waals surface area contributed by atoms with Crippen LogP contribution in [-0.2, 0) is 4.79 Å². The van der Waals surface area contributed by atoms with Gasteiger partial charge in [0.15, 0.2) is 0 Å². The van der Waals surface area contributed by atoms with E-state index < -0.39 is 0 Å². The molecule has 2 aromatic rings. The van der Waals surface area contributed by atoms with Gasteiger partial charge in [-0.3, -0.25) is 10.1 Å². The second kappa shape index (κ2) is 9.02. The van der Waals surface area contributed by atoms with Gasteiger partial charge in [0, 0.05) is 16.1 Å². The molecule has 134 valence electrons. The Hall–Kier alpha value is -1.85. The first-order valence-electron chi connectivity index (χ1n) is 8.37. The molecule has 0 aromatic heterocycles. The summed E-state index contributed by atoms with van der Waals surface area (Å²) < 4.78 is 6.40. The van der Waals surface area contributed by atoms with Gasteiger partial charge in [0.2, 0.25) is 5.91 Å². The zero-order valence-electron chi connectivity index (χ0n) is 15.0. The molecule has 2 aromatic carbocycles. The molecule has 25 heavy (non-hydrogen) atoms. The third-order valence-corrected chi connectivity index (χ3v) is 4.95. The van der Waals surface area contributed by atoms with Gasteiger partial charge in [-0.25, -0.2) is 0 Å². The minimum Gasteiger partial charge on any atom is -0.496 e. The molecule has 5 heteroatoms. The molecule has 0 saturated heterocycles. The Balaban J connectivity index is 1.99. The summed E-state index contributed by atoms with van der Waals surface area (Å²) in [5, 5.41) is 6.40. The predicted octanol–water partition coefficient (Wildman–Crippen LogP) is 4.37. The van der Waals surface area contributed by atoms with Crippen LogP contribution in [0.25, 0.3) is 0 Å². The van der Waals surface area contributed by atoms with Crippen molar-refractivity contribution in [1.82, 2.24) is 10.6 Å². The lowest BCUT2D eigenvalue weighted by Crippen LogP contribution is -2.44. The second-order valence-corrected chi connectivity index (χ2v) is 6.96. The second-order valence-electron chi connectivity index (χ2n) is 6.10. The molecule has 0 heterocycles. The number of carbonyl (C=O) groups is 1. The Morgan fingerprint density at radius 1 is 0.960 bits per heavy atom. The van der Waals surface area contributed by atoms with Gasteiger partial charge in [-0.05, 0) is 38.5 Å². The summed E-state index contributed by atoms with van der Waals surface area (Å²) in [5.41, 5.74) is 2.09. The molecule has 1 amide bonds. The van der Waals surface area contributed by atoms with Crippen LogP contribution in [0.2, 0.25) is 0 Å². The van der Waals surface area contributed by atoms with E-state index in [0.717, 1.165) is 21.3 Å². The fourth-order valence-corrected chi connectivity index (χ4v) is 3.44. The molecule has 2 rings (SSSR count). The standard InChI is InChI=1S/C20H25BrN2O2/c1-13(16-9-5-7-11-18(16)21)22-15(3)20(24)23-14(2)17-10-6-8-12-19(17)25-4/h5-15,22H,1-4H3,(H,23,24). The molecular formula is C20H25BrN2O2. The first-order valence-corrected chi connectivity index (χ1v) is 9.17. The number of rotatable bonds is 7. The van der Waals surface area contributed by atoms with Gasteiger partial charge in [-0.15, -0.1) is 0 Å². The fraction of sp³-hybridized carbons (Fsp3) is 0.350. The number of halogens is 1. The van der Waals surface area contributed by atoms with Gasteiger partial charge in [0.25, 0.3) is 0 Å². The highest BCUT2D eigenvalue weighted by atomic mass is 79.9. The van der Waals surface area contributed by atoms with Crippen LogP contribution in [0.5, 0.6) is 5.75 Å². The summed E-state index contributed by atoms with van der Waals surface area (Å²) in [4.78, 5) is 12.6. The number of ether oxygens (including phenoxy) is 1. The van der Waals surface area contributed by atoms with E-state index in [-0.39, 0.29) is 24.0 Å². The predicted molar refractivity (Wildman–Crippen MR) is 105 cm³/mol. The molecule has 0 saturated carbocycles. The van der Waals surface area contributed by atoms with Crippen LogP contribution in [0.15, 0.2) is 53.0 Å². The summed E-state index contributed by atoms with van der Waals surface area (Å²) in [6.07, 6.45) is 0. The quantitative estimate of drug-likeness (QED) is 0.719. The Bertz CT molecular complexity index is 720. The van der Waals surface area contributed by atoms with Crippen molar-refractivity contribution in [3.05, 3.63) is 64.1 Å². The molecule has 0 radical (unpaired) electrons. The van der Waals surface area contributed by atoms with E-state index >= 15 is 0 Å². The summed E-state index contributed by atoms with van der Waals surface area (Å²) in [7, 11) is 1.64. The minimum atomic E-state index is -0.320. The number of carbonyl (C=O) groups excluding carboxylic acids is 1. The molecule has 0 fully saturated rings. The molecule has 0 bridgehead atoms. The average Bonchev–Trinajstić information content (AvgIpc) is 2.61. The number of benzene rings is 2. The van der Waals surface area contributed by atoms with Crippen molar-refractivity contribution in [1.29, 1.82) is 0 Å². The lowest BCUT2D eigenvalue weighted by molar-refractivity contribution is -0.123. The molecule has 3 unspecified atom stereocenters. The van der Waals surface area contributed by atoms with Gasteiger partial charge in [0.1, 0.15) is 5.75 Å². The molecule has 0 aliphatic carbocycles. The number of hydrogen-bond donors (Lipinski definition) is 2. The van der Waals surface area contributed by atoms with Crippen molar-refractivity contribution in [2.45, 2.75) is 38.9 Å². The van der Waals surface area contributed by atoms with E-state index in [0.29, 0.717) is 0 Å². The summed E-state index contributed by atoms with van der Waals surface area (Å²) in [5.74, 6) is 0.731. The van der Waals surface area contributed by atoms with E-state index in [1.54, 1.807) is 7.11 Å². The Morgan fingerprint density at radius 3 is 2.20 bits per heavy atom. The number of amides is 1. The smallest absolute Gasteiger partial charge is 0.237 e.